The number of nitrogens with one attached hydrogen (secondary N) is 1. The molecule has 0 spiro atoms. The first-order valence-electron chi connectivity index (χ1n) is 7.32. The van der Waals surface area contributed by atoms with Crippen molar-refractivity contribution in [3.63, 3.8) is 0 Å². The summed E-state index contributed by atoms with van der Waals surface area (Å²) in [6, 6.07) is 11.4. The Balaban J connectivity index is 2.06. The lowest BCUT2D eigenvalue weighted by Crippen LogP contribution is -2.22. The van der Waals surface area contributed by atoms with Gasteiger partial charge in [-0.3, -0.25) is 4.79 Å². The molecule has 0 aliphatic rings. The first-order valence-corrected chi connectivity index (χ1v) is 7.32. The number of aromatic nitrogens is 3. The number of likely N-dealkylation sites (N-methyl/N-ethyl adjacent to an activating group) is 1. The lowest BCUT2D eigenvalue weighted by molar-refractivity contribution is -0.124. The zero-order valence-electron chi connectivity index (χ0n) is 13.3. The number of carbonyl (C=O) groups excluding carboxylic acids is 1. The van der Waals surface area contributed by atoms with Crippen LogP contribution in [0.5, 0.6) is 0 Å². The van der Waals surface area contributed by atoms with Gasteiger partial charge in [0.15, 0.2) is 0 Å². The van der Waals surface area contributed by atoms with Gasteiger partial charge in [-0.1, -0.05) is 18.2 Å². The molecule has 0 aliphatic heterocycles. The van der Waals surface area contributed by atoms with Crippen LogP contribution in [-0.2, 0) is 4.79 Å². The number of aromatic amines is 1. The molecular weight excluding hydrogens is 302 g/mol. The van der Waals surface area contributed by atoms with Gasteiger partial charge < -0.3 is 9.88 Å². The van der Waals surface area contributed by atoms with Gasteiger partial charge in [0.2, 0.25) is 0 Å². The predicted molar refractivity (Wildman–Crippen MR) is 91.6 cm³/mol. The monoisotopic (exact) mass is 317 g/mol. The quantitative estimate of drug-likeness (QED) is 0.594. The highest BCUT2D eigenvalue weighted by Crippen LogP contribution is 2.26. The van der Waals surface area contributed by atoms with Gasteiger partial charge in [0.05, 0.1) is 5.69 Å². The van der Waals surface area contributed by atoms with Crippen LogP contribution >= 0.6 is 0 Å². The van der Waals surface area contributed by atoms with E-state index < -0.39 is 0 Å². The van der Waals surface area contributed by atoms with Crippen LogP contribution in [0, 0.1) is 11.3 Å². The number of amides is 1. The molecule has 0 unspecified atom stereocenters. The van der Waals surface area contributed by atoms with E-state index in [4.69, 9.17) is 0 Å². The molecule has 1 amide bonds. The van der Waals surface area contributed by atoms with E-state index in [1.54, 1.807) is 20.2 Å². The summed E-state index contributed by atoms with van der Waals surface area (Å²) in [5, 5.41) is 10.1. The van der Waals surface area contributed by atoms with Crippen molar-refractivity contribution in [2.45, 2.75) is 0 Å². The second-order valence-electron chi connectivity index (χ2n) is 5.46. The number of hydrogen-bond donors (Lipinski definition) is 1. The molecule has 1 N–H and O–H groups in total. The summed E-state index contributed by atoms with van der Waals surface area (Å²) in [4.78, 5) is 25.0. The normalized spacial score (nSPS) is 11.3. The van der Waals surface area contributed by atoms with Crippen LogP contribution in [0.3, 0.4) is 0 Å². The minimum absolute atomic E-state index is 0.0895. The lowest BCUT2D eigenvalue weighted by Gasteiger charge is -2.09. The fourth-order valence-corrected chi connectivity index (χ4v) is 2.43. The van der Waals surface area contributed by atoms with Crippen molar-refractivity contribution < 1.29 is 4.79 Å². The van der Waals surface area contributed by atoms with E-state index in [0.717, 1.165) is 27.9 Å². The smallest absolute Gasteiger partial charge is 0.264 e. The fourth-order valence-electron chi connectivity index (χ4n) is 2.43. The van der Waals surface area contributed by atoms with Gasteiger partial charge in [0.1, 0.15) is 23.6 Å². The molecule has 6 heteroatoms. The molecular formula is C18H15N5O. The second-order valence-corrected chi connectivity index (χ2v) is 5.46. The Morgan fingerprint density at radius 1 is 1.29 bits per heavy atom. The predicted octanol–water partition coefficient (Wildman–Crippen LogP) is 2.62. The number of H-pyrrole nitrogens is 1. The minimum Gasteiger partial charge on any atom is -0.346 e. The highest BCUT2D eigenvalue weighted by Gasteiger charge is 2.12. The van der Waals surface area contributed by atoms with E-state index in [-0.39, 0.29) is 11.5 Å². The Bertz CT molecular complexity index is 978. The summed E-state index contributed by atoms with van der Waals surface area (Å²) in [6.45, 7) is 0. The Morgan fingerprint density at radius 3 is 2.88 bits per heavy atom. The molecule has 0 radical (unpaired) electrons. The van der Waals surface area contributed by atoms with Crippen molar-refractivity contribution in [3.05, 3.63) is 54.0 Å². The lowest BCUT2D eigenvalue weighted by atomic mass is 10.0. The van der Waals surface area contributed by atoms with Crippen molar-refractivity contribution in [1.29, 1.82) is 5.26 Å². The van der Waals surface area contributed by atoms with Crippen LogP contribution in [0.15, 0.2) is 48.4 Å². The Kier molecular flexibility index (Phi) is 4.08. The summed E-state index contributed by atoms with van der Waals surface area (Å²) in [5.74, 6) is -0.321. The highest BCUT2D eigenvalue weighted by atomic mass is 16.2. The number of fused-ring (bicyclic) bond motifs is 1. The van der Waals surface area contributed by atoms with E-state index in [0.29, 0.717) is 0 Å². The molecule has 3 aromatic rings. The second kappa shape index (κ2) is 6.34. The number of carbonyl (C=O) groups is 1. The topological polar surface area (TPSA) is 85.7 Å². The molecule has 3 rings (SSSR count). The molecule has 24 heavy (non-hydrogen) atoms. The van der Waals surface area contributed by atoms with E-state index in [9.17, 15) is 10.1 Å². The van der Waals surface area contributed by atoms with Crippen molar-refractivity contribution in [3.8, 4) is 17.3 Å². The third-order valence-corrected chi connectivity index (χ3v) is 3.58. The summed E-state index contributed by atoms with van der Waals surface area (Å²) in [6.07, 6.45) is 4.91. The van der Waals surface area contributed by atoms with Crippen molar-refractivity contribution >= 4 is 23.0 Å². The molecule has 0 atom stereocenters. The largest absolute Gasteiger partial charge is 0.346 e. The van der Waals surface area contributed by atoms with Crippen molar-refractivity contribution in [1.82, 2.24) is 19.9 Å². The molecule has 118 valence electrons. The van der Waals surface area contributed by atoms with Crippen LogP contribution in [0.2, 0.25) is 0 Å². The number of benzene rings is 1. The summed E-state index contributed by atoms with van der Waals surface area (Å²) >= 11 is 0. The number of rotatable bonds is 3. The van der Waals surface area contributed by atoms with Crippen LogP contribution < -0.4 is 0 Å². The van der Waals surface area contributed by atoms with Gasteiger partial charge >= 0.3 is 0 Å². The average molecular weight is 317 g/mol. The van der Waals surface area contributed by atoms with E-state index in [2.05, 4.69) is 15.0 Å². The molecule has 0 fully saturated rings. The van der Waals surface area contributed by atoms with Gasteiger partial charge in [-0.15, -0.1) is 0 Å². The Morgan fingerprint density at radius 2 is 2.12 bits per heavy atom. The number of nitrogens with zero attached hydrogens (tertiary/aromatic N) is 4. The first kappa shape index (κ1) is 15.4. The zero-order chi connectivity index (χ0) is 17.1. The molecule has 0 saturated carbocycles. The van der Waals surface area contributed by atoms with Crippen molar-refractivity contribution in [2.75, 3.05) is 14.1 Å². The maximum atomic E-state index is 12.0. The molecule has 2 heterocycles. The van der Waals surface area contributed by atoms with Crippen LogP contribution in [0.1, 0.15) is 5.56 Å². The summed E-state index contributed by atoms with van der Waals surface area (Å²) in [5.41, 5.74) is 3.31. The average Bonchev–Trinajstić information content (AvgIpc) is 3.08. The molecule has 6 nitrogen and oxygen atoms in total. The van der Waals surface area contributed by atoms with E-state index in [1.807, 2.05) is 42.6 Å². The SMILES string of the molecule is CN(C)C(=O)C(C#N)=Cc1cccc(-c2ncnc3[nH]ccc23)c1. The first-order chi connectivity index (χ1) is 11.6. The zero-order valence-corrected chi connectivity index (χ0v) is 13.3. The molecule has 0 saturated heterocycles. The molecule has 1 aromatic carbocycles. The molecule has 0 aliphatic carbocycles. The van der Waals surface area contributed by atoms with Crippen LogP contribution in [0.25, 0.3) is 28.4 Å². The van der Waals surface area contributed by atoms with E-state index in [1.165, 1.54) is 11.2 Å². The van der Waals surface area contributed by atoms with Gasteiger partial charge in [-0.05, 0) is 23.8 Å². The number of nitriles is 1. The van der Waals surface area contributed by atoms with Gasteiger partial charge in [-0.25, -0.2) is 9.97 Å². The fraction of sp³-hybridized carbons (Fsp3) is 0.111. The standard InChI is InChI=1S/C18H15N5O/c1-23(2)18(24)14(10-19)9-12-4-3-5-13(8-12)16-15-6-7-20-17(15)22-11-21-16/h3-9,11H,1-2H3,(H,20,21,22). The third-order valence-electron chi connectivity index (χ3n) is 3.58. The summed E-state index contributed by atoms with van der Waals surface area (Å²) < 4.78 is 0. The maximum Gasteiger partial charge on any atom is 0.264 e. The Hall–Kier alpha value is -3.46. The van der Waals surface area contributed by atoms with Crippen LogP contribution in [-0.4, -0.2) is 39.9 Å². The highest BCUT2D eigenvalue weighted by molar-refractivity contribution is 6.01. The third kappa shape index (κ3) is 2.88. The van der Waals surface area contributed by atoms with Crippen LogP contribution in [0.4, 0.5) is 0 Å². The summed E-state index contributed by atoms with van der Waals surface area (Å²) in [7, 11) is 3.24. The van der Waals surface area contributed by atoms with Crippen molar-refractivity contribution in [2.24, 2.45) is 0 Å². The van der Waals surface area contributed by atoms with Gasteiger partial charge in [0, 0.05) is 31.2 Å². The number of hydrogen-bond acceptors (Lipinski definition) is 4. The van der Waals surface area contributed by atoms with Gasteiger partial charge in [-0.2, -0.15) is 5.26 Å². The van der Waals surface area contributed by atoms with E-state index >= 15 is 0 Å². The maximum absolute atomic E-state index is 12.0. The van der Waals surface area contributed by atoms with Gasteiger partial charge in [0.25, 0.3) is 5.91 Å². The minimum atomic E-state index is -0.321. The molecule has 2 aromatic heterocycles. The Labute approximate surface area is 139 Å². The molecule has 0 bridgehead atoms.